The van der Waals surface area contributed by atoms with Crippen LogP contribution in [0.4, 0.5) is 13.2 Å². The van der Waals surface area contributed by atoms with Gasteiger partial charge in [0.2, 0.25) is 0 Å². The van der Waals surface area contributed by atoms with Crippen LogP contribution in [0.15, 0.2) is 36.5 Å². The highest BCUT2D eigenvalue weighted by atomic mass is 32.2. The monoisotopic (exact) mass is 570 g/mol. The number of carbonyl (C=O) groups excluding carboxylic acids is 1. The van der Waals surface area contributed by atoms with Crippen molar-refractivity contribution in [1.82, 2.24) is 18.9 Å². The summed E-state index contributed by atoms with van der Waals surface area (Å²) in [5.74, 6) is -0.492. The molecule has 1 aromatic carbocycles. The van der Waals surface area contributed by atoms with Crippen molar-refractivity contribution in [2.75, 3.05) is 39.3 Å². The molecule has 0 spiro atoms. The van der Waals surface area contributed by atoms with Crippen molar-refractivity contribution in [3.05, 3.63) is 53.3 Å². The first-order chi connectivity index (χ1) is 18.5. The Morgan fingerprint density at radius 1 is 1.13 bits per heavy atom. The summed E-state index contributed by atoms with van der Waals surface area (Å²) in [5.41, 5.74) is -1.21. The van der Waals surface area contributed by atoms with Gasteiger partial charge in [0.05, 0.1) is 24.1 Å². The minimum absolute atomic E-state index is 0.178. The van der Waals surface area contributed by atoms with Gasteiger partial charge in [-0.15, -0.1) is 0 Å². The average Bonchev–Trinajstić information content (AvgIpc) is 3.75. The second-order valence-corrected chi connectivity index (χ2v) is 11.3. The zero-order chi connectivity index (χ0) is 28.2. The van der Waals surface area contributed by atoms with Gasteiger partial charge in [0.25, 0.3) is 5.91 Å². The van der Waals surface area contributed by atoms with Crippen LogP contribution < -0.4 is 14.2 Å². The van der Waals surface area contributed by atoms with Crippen LogP contribution in [-0.2, 0) is 16.4 Å². The molecular formula is C26H33F3N4O5S. The number of benzene rings is 1. The molecule has 0 bridgehead atoms. The number of alkyl halides is 3. The van der Waals surface area contributed by atoms with Crippen LogP contribution in [0.3, 0.4) is 0 Å². The van der Waals surface area contributed by atoms with Crippen LogP contribution in [0.1, 0.15) is 60.8 Å². The van der Waals surface area contributed by atoms with Crippen molar-refractivity contribution in [1.29, 1.82) is 0 Å². The van der Waals surface area contributed by atoms with E-state index in [1.807, 2.05) is 11.6 Å². The Hall–Kier alpha value is -2.90. The third-order valence-corrected chi connectivity index (χ3v) is 8.29. The Balaban J connectivity index is 1.47. The Kier molecular flexibility index (Phi) is 9.02. The summed E-state index contributed by atoms with van der Waals surface area (Å²) in [6.45, 7) is 6.44. The Labute approximate surface area is 226 Å². The van der Waals surface area contributed by atoms with Gasteiger partial charge in [0, 0.05) is 31.7 Å². The predicted octanol–water partition coefficient (Wildman–Crippen LogP) is 4.03. The van der Waals surface area contributed by atoms with Gasteiger partial charge in [0.15, 0.2) is 0 Å². The highest BCUT2D eigenvalue weighted by Gasteiger charge is 2.37. The van der Waals surface area contributed by atoms with Crippen molar-refractivity contribution in [2.45, 2.75) is 45.4 Å². The number of carbonyl (C=O) groups is 1. The minimum atomic E-state index is -4.85. The number of hydrogen-bond acceptors (Lipinski definition) is 7. The fourth-order valence-corrected chi connectivity index (χ4v) is 5.32. The lowest BCUT2D eigenvalue weighted by Gasteiger charge is -2.33. The number of pyridine rings is 1. The molecule has 1 atom stereocenters. The molecule has 1 N–H and O–H groups in total. The Bertz CT molecular complexity index is 1250. The molecule has 1 aromatic heterocycles. The van der Waals surface area contributed by atoms with E-state index in [0.29, 0.717) is 49.5 Å². The maximum atomic E-state index is 14.0. The van der Waals surface area contributed by atoms with Crippen LogP contribution in [0.5, 0.6) is 11.5 Å². The van der Waals surface area contributed by atoms with Gasteiger partial charge < -0.3 is 14.4 Å². The summed E-state index contributed by atoms with van der Waals surface area (Å²) in [6, 6.07) is 6.10. The van der Waals surface area contributed by atoms with Crippen molar-refractivity contribution < 1.29 is 35.9 Å². The van der Waals surface area contributed by atoms with Gasteiger partial charge in [-0.2, -0.15) is 25.9 Å². The number of halogens is 3. The van der Waals surface area contributed by atoms with Crippen LogP contribution in [0.2, 0.25) is 0 Å². The van der Waals surface area contributed by atoms with Crippen molar-refractivity contribution in [3.63, 3.8) is 0 Å². The van der Waals surface area contributed by atoms with E-state index in [0.717, 1.165) is 35.8 Å². The Morgan fingerprint density at radius 2 is 1.85 bits per heavy atom. The lowest BCUT2D eigenvalue weighted by molar-refractivity contribution is -0.139. The summed E-state index contributed by atoms with van der Waals surface area (Å²) >= 11 is 0. The number of piperazine rings is 1. The van der Waals surface area contributed by atoms with Gasteiger partial charge in [-0.3, -0.25) is 9.78 Å². The van der Waals surface area contributed by atoms with Crippen molar-refractivity contribution in [3.8, 4) is 11.5 Å². The molecule has 2 heterocycles. The summed E-state index contributed by atoms with van der Waals surface area (Å²) in [6.07, 6.45) is -1.50. The highest BCUT2D eigenvalue weighted by molar-refractivity contribution is 7.87. The third-order valence-electron chi connectivity index (χ3n) is 6.80. The number of nitrogens with one attached hydrogen (secondary N) is 1. The zero-order valence-corrected chi connectivity index (χ0v) is 22.7. The lowest BCUT2D eigenvalue weighted by atomic mass is 10.1. The van der Waals surface area contributed by atoms with Crippen LogP contribution in [0.25, 0.3) is 0 Å². The van der Waals surface area contributed by atoms with E-state index in [1.54, 1.807) is 19.1 Å². The molecule has 1 saturated heterocycles. The number of amides is 1. The van der Waals surface area contributed by atoms with E-state index in [1.165, 1.54) is 6.20 Å². The number of hydrogen-bond donors (Lipinski definition) is 1. The second-order valence-electron chi connectivity index (χ2n) is 9.67. The highest BCUT2D eigenvalue weighted by Crippen LogP contribution is 2.39. The zero-order valence-electron chi connectivity index (χ0n) is 21.9. The molecular weight excluding hydrogens is 537 g/mol. The Morgan fingerprint density at radius 3 is 2.41 bits per heavy atom. The van der Waals surface area contributed by atoms with Crippen molar-refractivity contribution >= 4 is 16.1 Å². The van der Waals surface area contributed by atoms with E-state index in [4.69, 9.17) is 9.47 Å². The molecule has 2 aliphatic rings. The van der Waals surface area contributed by atoms with Crippen molar-refractivity contribution in [2.24, 2.45) is 5.92 Å². The van der Waals surface area contributed by atoms with Crippen LogP contribution in [-0.4, -0.2) is 67.8 Å². The number of aromatic nitrogens is 1. The fraction of sp³-hybridized carbons (Fsp3) is 0.538. The van der Waals surface area contributed by atoms with Crippen LogP contribution in [0, 0.1) is 5.92 Å². The van der Waals surface area contributed by atoms with E-state index < -0.39 is 45.3 Å². The number of likely N-dealkylation sites (N-methyl/N-ethyl adjacent to an activating group) is 1. The molecule has 13 heteroatoms. The first-order valence-electron chi connectivity index (χ1n) is 13.0. The second kappa shape index (κ2) is 12.1. The van der Waals surface area contributed by atoms with Crippen LogP contribution >= 0.6 is 0 Å². The molecule has 9 nitrogen and oxygen atoms in total. The van der Waals surface area contributed by atoms with Gasteiger partial charge >= 0.3 is 16.4 Å². The van der Waals surface area contributed by atoms with E-state index >= 15 is 0 Å². The molecule has 39 heavy (non-hydrogen) atoms. The average molecular weight is 571 g/mol. The van der Waals surface area contributed by atoms with E-state index in [-0.39, 0.29) is 13.1 Å². The number of nitrogens with zero attached hydrogens (tertiary/aromatic N) is 3. The van der Waals surface area contributed by atoms with Gasteiger partial charge in [-0.05, 0) is 62.1 Å². The first kappa shape index (κ1) is 29.1. The summed E-state index contributed by atoms with van der Waals surface area (Å²) < 4.78 is 81.7. The molecule has 1 aliphatic carbocycles. The standard InChI is InChI=1S/C26H33F3N4O5S/c1-3-23(22-9-8-20(16-30-22)37-17-18-5-6-18)38-24-10-7-19(15-21(24)26(27,28)29)25(34)31-39(35,36)33-13-11-32(4-2)12-14-33/h7-10,15-16,18,23H,3-6,11-14,17H2,1-2H3,(H,31,34)/t23-/m1/s1. The predicted molar refractivity (Wildman–Crippen MR) is 138 cm³/mol. The number of rotatable bonds is 11. The molecule has 4 rings (SSSR count). The summed E-state index contributed by atoms with van der Waals surface area (Å²) in [5, 5.41) is 0. The molecule has 1 saturated carbocycles. The number of ether oxygens (including phenoxy) is 2. The summed E-state index contributed by atoms with van der Waals surface area (Å²) in [4.78, 5) is 19.0. The minimum Gasteiger partial charge on any atom is -0.492 e. The maximum absolute atomic E-state index is 14.0. The molecule has 1 aliphatic heterocycles. The normalized spacial score (nSPS) is 18.0. The molecule has 0 radical (unpaired) electrons. The lowest BCUT2D eigenvalue weighted by Crippen LogP contribution is -2.52. The fourth-order valence-electron chi connectivity index (χ4n) is 4.19. The third kappa shape index (κ3) is 7.61. The van der Waals surface area contributed by atoms with E-state index in [9.17, 15) is 26.4 Å². The molecule has 0 unspecified atom stereocenters. The maximum Gasteiger partial charge on any atom is 0.419 e. The molecule has 2 fully saturated rings. The smallest absolute Gasteiger partial charge is 0.419 e. The molecule has 214 valence electrons. The van der Waals surface area contributed by atoms with Gasteiger partial charge in [-0.25, -0.2) is 4.72 Å². The first-order valence-corrected chi connectivity index (χ1v) is 14.5. The van der Waals surface area contributed by atoms with E-state index in [2.05, 4.69) is 9.88 Å². The SMILES string of the molecule is CC[C@@H](Oc1ccc(C(=O)NS(=O)(=O)N2CCN(CC)CC2)cc1C(F)(F)F)c1ccc(OCC2CC2)cn1. The topological polar surface area (TPSA) is 101 Å². The molecule has 1 amide bonds. The molecule has 2 aromatic rings. The van der Waals surface area contributed by atoms with Gasteiger partial charge in [-0.1, -0.05) is 13.8 Å². The van der Waals surface area contributed by atoms with Gasteiger partial charge in [0.1, 0.15) is 17.6 Å². The quantitative estimate of drug-likeness (QED) is 0.435. The largest absolute Gasteiger partial charge is 0.492 e. The summed E-state index contributed by atoms with van der Waals surface area (Å²) in [7, 11) is -4.21.